The van der Waals surface area contributed by atoms with Crippen molar-refractivity contribution in [1.29, 1.82) is 0 Å². The Labute approximate surface area is 202 Å². The molecule has 10 heteroatoms. The molecule has 0 bridgehead atoms. The van der Waals surface area contributed by atoms with Crippen LogP contribution in [0, 0.1) is 0 Å². The highest BCUT2D eigenvalue weighted by Gasteiger charge is 2.34. The van der Waals surface area contributed by atoms with Crippen LogP contribution in [0.15, 0.2) is 54.9 Å². The second-order valence-corrected chi connectivity index (χ2v) is 8.71. The van der Waals surface area contributed by atoms with Crippen LogP contribution in [0.3, 0.4) is 0 Å². The van der Waals surface area contributed by atoms with Gasteiger partial charge >= 0.3 is 6.09 Å². The minimum absolute atomic E-state index is 0.0551. The number of benzene rings is 2. The van der Waals surface area contributed by atoms with Crippen molar-refractivity contribution in [2.45, 2.75) is 31.3 Å². The summed E-state index contributed by atoms with van der Waals surface area (Å²) in [6, 6.07) is 15.1. The number of fused-ring (bicyclic) bond motifs is 1. The Morgan fingerprint density at radius 1 is 1.17 bits per heavy atom. The van der Waals surface area contributed by atoms with Crippen LogP contribution < -0.4 is 16.2 Å². The summed E-state index contributed by atoms with van der Waals surface area (Å²) >= 11 is 0. The Hall–Kier alpha value is -4.34. The van der Waals surface area contributed by atoms with Gasteiger partial charge in [0.25, 0.3) is 0 Å². The average Bonchev–Trinajstić information content (AvgIpc) is 3.26. The minimum Gasteiger partial charge on any atom is -0.495 e. The number of rotatable bonds is 5. The van der Waals surface area contributed by atoms with Gasteiger partial charge in [-0.05, 0) is 37.0 Å². The number of anilines is 2. The largest absolute Gasteiger partial charge is 0.495 e. The predicted molar refractivity (Wildman–Crippen MR) is 133 cm³/mol. The third kappa shape index (κ3) is 4.18. The molecule has 10 nitrogen and oxygen atoms in total. The average molecular weight is 474 g/mol. The van der Waals surface area contributed by atoms with Crippen molar-refractivity contribution >= 4 is 28.6 Å². The fourth-order valence-electron chi connectivity index (χ4n) is 4.89. The molecule has 180 valence electrons. The number of carbonyl (C=O) groups is 1. The number of hydrogen-bond donors (Lipinski definition) is 3. The molecule has 0 aliphatic carbocycles. The summed E-state index contributed by atoms with van der Waals surface area (Å²) in [5, 5.41) is 15.4. The van der Waals surface area contributed by atoms with Crippen molar-refractivity contribution in [3.63, 3.8) is 0 Å². The van der Waals surface area contributed by atoms with Crippen molar-refractivity contribution in [3.05, 3.63) is 60.4 Å². The molecule has 1 saturated heterocycles. The van der Waals surface area contributed by atoms with E-state index in [0.29, 0.717) is 59.8 Å². The molecular formula is C25H27N7O3. The minimum atomic E-state index is -0.907. The maximum atomic E-state index is 12.0. The van der Waals surface area contributed by atoms with E-state index in [0.717, 1.165) is 11.1 Å². The summed E-state index contributed by atoms with van der Waals surface area (Å²) in [6.45, 7) is 0.407. The monoisotopic (exact) mass is 473 g/mol. The van der Waals surface area contributed by atoms with Crippen LogP contribution in [0.4, 0.5) is 16.3 Å². The molecule has 4 aromatic rings. The molecule has 0 spiro atoms. The zero-order valence-corrected chi connectivity index (χ0v) is 19.3. The summed E-state index contributed by atoms with van der Waals surface area (Å²) in [4.78, 5) is 22.2. The number of nitrogens with two attached hydrogens (primary N) is 2. The second kappa shape index (κ2) is 9.13. The molecule has 2 aromatic carbocycles. The molecule has 2 atom stereocenters. The molecule has 5 N–H and O–H groups in total. The Morgan fingerprint density at radius 3 is 2.71 bits per heavy atom. The fraction of sp³-hybridized carbons (Fsp3) is 0.280. The Morgan fingerprint density at radius 2 is 1.97 bits per heavy atom. The van der Waals surface area contributed by atoms with E-state index in [1.54, 1.807) is 13.2 Å². The van der Waals surface area contributed by atoms with E-state index in [9.17, 15) is 9.90 Å². The van der Waals surface area contributed by atoms with Gasteiger partial charge in [-0.1, -0.05) is 36.4 Å². The van der Waals surface area contributed by atoms with Gasteiger partial charge in [0.1, 0.15) is 23.6 Å². The van der Waals surface area contributed by atoms with Gasteiger partial charge in [0.05, 0.1) is 24.2 Å². The molecule has 0 radical (unpaired) electrons. The number of methoxy groups -OCH3 is 1. The quantitative estimate of drug-likeness (QED) is 0.373. The lowest BCUT2D eigenvalue weighted by molar-refractivity contribution is 0.0899. The highest BCUT2D eigenvalue weighted by Crippen LogP contribution is 2.37. The lowest BCUT2D eigenvalue weighted by Gasteiger charge is -2.38. The first-order valence-corrected chi connectivity index (χ1v) is 11.4. The van der Waals surface area contributed by atoms with E-state index in [4.69, 9.17) is 21.3 Å². The lowest BCUT2D eigenvalue weighted by Crippen LogP contribution is -2.47. The van der Waals surface area contributed by atoms with Crippen LogP contribution in [-0.4, -0.2) is 55.5 Å². The Balaban J connectivity index is 1.55. The smallest absolute Gasteiger partial charge is 0.407 e. The van der Waals surface area contributed by atoms with Gasteiger partial charge in [-0.2, -0.15) is 5.10 Å². The number of carboxylic acid groups (broad SMARTS) is 1. The summed E-state index contributed by atoms with van der Waals surface area (Å²) in [5.41, 5.74) is 15.9. The van der Waals surface area contributed by atoms with E-state index in [2.05, 4.69) is 9.97 Å². The van der Waals surface area contributed by atoms with Crippen molar-refractivity contribution in [2.24, 2.45) is 0 Å². The highest BCUT2D eigenvalue weighted by molar-refractivity contribution is 5.98. The standard InChI is InChI=1S/C25H27N7O3/c1-35-20-12-16(7-8-19(20)26)22-21-23(27)28-14-29-24(21)32(30-22)17-9-10-31(25(33)34)18(13-17)11-15-5-3-2-4-6-15/h2-8,12,14,17-18H,9-11,13,26H2,1H3,(H,33,34)(H2,27,28,29). The first-order valence-electron chi connectivity index (χ1n) is 11.4. The van der Waals surface area contributed by atoms with Gasteiger partial charge in [-0.15, -0.1) is 0 Å². The zero-order chi connectivity index (χ0) is 24.5. The number of piperidine rings is 1. The molecule has 5 rings (SSSR count). The number of amides is 1. The molecule has 1 amide bonds. The molecular weight excluding hydrogens is 446 g/mol. The van der Waals surface area contributed by atoms with Gasteiger partial charge < -0.3 is 26.2 Å². The number of ether oxygens (including phenoxy) is 1. The third-order valence-corrected chi connectivity index (χ3v) is 6.62. The molecule has 1 aliphatic heterocycles. The fourth-order valence-corrected chi connectivity index (χ4v) is 4.89. The van der Waals surface area contributed by atoms with Gasteiger partial charge in [0.15, 0.2) is 5.65 Å². The summed E-state index contributed by atoms with van der Waals surface area (Å²) < 4.78 is 7.27. The lowest BCUT2D eigenvalue weighted by atomic mass is 9.92. The van der Waals surface area contributed by atoms with Crippen LogP contribution in [0.2, 0.25) is 0 Å². The third-order valence-electron chi connectivity index (χ3n) is 6.62. The Bertz CT molecular complexity index is 1370. The maximum absolute atomic E-state index is 12.0. The van der Waals surface area contributed by atoms with Crippen LogP contribution in [-0.2, 0) is 6.42 Å². The van der Waals surface area contributed by atoms with Crippen molar-refractivity contribution in [3.8, 4) is 17.0 Å². The molecule has 1 aliphatic rings. The van der Waals surface area contributed by atoms with Crippen molar-refractivity contribution in [2.75, 3.05) is 25.1 Å². The molecule has 35 heavy (non-hydrogen) atoms. The SMILES string of the molecule is COc1cc(-c2nn(C3CCN(C(=O)O)C(Cc4ccccc4)C3)c3ncnc(N)c23)ccc1N. The van der Waals surface area contributed by atoms with Crippen LogP contribution in [0.1, 0.15) is 24.4 Å². The van der Waals surface area contributed by atoms with Crippen LogP contribution >= 0.6 is 0 Å². The first-order chi connectivity index (χ1) is 17.0. The number of likely N-dealkylation sites (tertiary alicyclic amines) is 1. The Kier molecular flexibility index (Phi) is 5.86. The van der Waals surface area contributed by atoms with Gasteiger partial charge in [-0.25, -0.2) is 19.4 Å². The molecule has 0 saturated carbocycles. The number of nitrogen functional groups attached to an aromatic ring is 2. The van der Waals surface area contributed by atoms with E-state index in [1.165, 1.54) is 11.2 Å². The first kappa shape index (κ1) is 22.5. The topological polar surface area (TPSA) is 145 Å². The van der Waals surface area contributed by atoms with E-state index in [1.807, 2.05) is 47.1 Å². The summed E-state index contributed by atoms with van der Waals surface area (Å²) in [7, 11) is 1.56. The zero-order valence-electron chi connectivity index (χ0n) is 19.3. The van der Waals surface area contributed by atoms with Gasteiger partial charge in [0, 0.05) is 18.2 Å². The van der Waals surface area contributed by atoms with E-state index < -0.39 is 6.09 Å². The van der Waals surface area contributed by atoms with E-state index >= 15 is 0 Å². The van der Waals surface area contributed by atoms with Gasteiger partial charge in [0.2, 0.25) is 0 Å². The van der Waals surface area contributed by atoms with E-state index in [-0.39, 0.29) is 12.1 Å². The summed E-state index contributed by atoms with van der Waals surface area (Å²) in [6.07, 6.45) is 2.37. The van der Waals surface area contributed by atoms with Crippen LogP contribution in [0.5, 0.6) is 5.75 Å². The number of aromatic nitrogens is 4. The maximum Gasteiger partial charge on any atom is 0.407 e. The van der Waals surface area contributed by atoms with Gasteiger partial charge in [-0.3, -0.25) is 0 Å². The molecule has 2 unspecified atom stereocenters. The number of hydrogen-bond acceptors (Lipinski definition) is 7. The number of nitrogens with zero attached hydrogens (tertiary/aromatic N) is 5. The van der Waals surface area contributed by atoms with Crippen LogP contribution in [0.25, 0.3) is 22.3 Å². The second-order valence-electron chi connectivity index (χ2n) is 8.71. The highest BCUT2D eigenvalue weighted by atomic mass is 16.5. The predicted octanol–water partition coefficient (Wildman–Crippen LogP) is 3.59. The molecule has 2 aromatic heterocycles. The van der Waals surface area contributed by atoms with Crippen molar-refractivity contribution in [1.82, 2.24) is 24.6 Å². The molecule has 3 heterocycles. The normalized spacial score (nSPS) is 18.0. The molecule has 1 fully saturated rings. The summed E-state index contributed by atoms with van der Waals surface area (Å²) in [5.74, 6) is 0.870. The van der Waals surface area contributed by atoms with Crippen molar-refractivity contribution < 1.29 is 14.6 Å².